The number of ether oxygens (including phenoxy) is 1. The Labute approximate surface area is 116 Å². The minimum absolute atomic E-state index is 0.254. The number of carbonyl (C=O) groups excluding carboxylic acids is 2. The second-order valence-electron chi connectivity index (χ2n) is 4.31. The van der Waals surface area contributed by atoms with E-state index < -0.39 is 35.1 Å². The average Bonchev–Trinajstić information content (AvgIpc) is 2.38. The van der Waals surface area contributed by atoms with Crippen LogP contribution in [0.15, 0.2) is 18.2 Å². The summed E-state index contributed by atoms with van der Waals surface area (Å²) >= 11 is 0. The molecular formula is C14H17F2NO3. The van der Waals surface area contributed by atoms with Crippen LogP contribution in [0.1, 0.15) is 37.0 Å². The van der Waals surface area contributed by atoms with E-state index in [1.807, 2.05) is 6.92 Å². The molecule has 0 heterocycles. The lowest BCUT2D eigenvalue weighted by Gasteiger charge is -2.13. The van der Waals surface area contributed by atoms with E-state index >= 15 is 0 Å². The highest BCUT2D eigenvalue weighted by Crippen LogP contribution is 2.12. The summed E-state index contributed by atoms with van der Waals surface area (Å²) in [6.45, 7) is 3.59. The van der Waals surface area contributed by atoms with Gasteiger partial charge in [0.25, 0.3) is 5.91 Å². The Bertz CT molecular complexity index is 471. The van der Waals surface area contributed by atoms with Gasteiger partial charge in [0.05, 0.1) is 6.61 Å². The predicted molar refractivity (Wildman–Crippen MR) is 69.2 cm³/mol. The fourth-order valence-corrected chi connectivity index (χ4v) is 1.48. The first-order valence-electron chi connectivity index (χ1n) is 6.38. The van der Waals surface area contributed by atoms with Crippen molar-refractivity contribution in [1.29, 1.82) is 0 Å². The van der Waals surface area contributed by atoms with Crippen LogP contribution < -0.4 is 5.32 Å². The highest BCUT2D eigenvalue weighted by molar-refractivity contribution is 5.97. The van der Waals surface area contributed by atoms with Crippen molar-refractivity contribution in [1.82, 2.24) is 5.32 Å². The van der Waals surface area contributed by atoms with Crippen molar-refractivity contribution < 1.29 is 23.1 Å². The van der Waals surface area contributed by atoms with E-state index in [1.165, 1.54) is 6.92 Å². The highest BCUT2D eigenvalue weighted by Gasteiger charge is 2.22. The molecular weight excluding hydrogens is 268 g/mol. The molecule has 4 nitrogen and oxygen atoms in total. The molecule has 20 heavy (non-hydrogen) atoms. The first kappa shape index (κ1) is 16.1. The summed E-state index contributed by atoms with van der Waals surface area (Å²) < 4.78 is 31.7. The first-order valence-corrected chi connectivity index (χ1v) is 6.38. The SMILES string of the molecule is CCCCOC(=O)[C@H](C)NC(=O)c1c(F)cccc1F. The Hall–Kier alpha value is -1.98. The zero-order chi connectivity index (χ0) is 15.1. The number of esters is 1. The van der Waals surface area contributed by atoms with Gasteiger partial charge in [0.1, 0.15) is 23.2 Å². The maximum atomic E-state index is 13.4. The Morgan fingerprint density at radius 1 is 1.30 bits per heavy atom. The monoisotopic (exact) mass is 285 g/mol. The van der Waals surface area contributed by atoms with Gasteiger partial charge < -0.3 is 10.1 Å². The molecule has 1 atom stereocenters. The van der Waals surface area contributed by atoms with Crippen LogP contribution in [0.25, 0.3) is 0 Å². The molecule has 6 heteroatoms. The van der Waals surface area contributed by atoms with E-state index in [4.69, 9.17) is 4.74 Å². The number of unbranched alkanes of at least 4 members (excludes halogenated alkanes) is 1. The molecule has 1 aromatic rings. The van der Waals surface area contributed by atoms with Gasteiger partial charge in [-0.2, -0.15) is 0 Å². The molecule has 1 N–H and O–H groups in total. The molecule has 1 amide bonds. The summed E-state index contributed by atoms with van der Waals surface area (Å²) in [4.78, 5) is 23.3. The van der Waals surface area contributed by atoms with Crippen LogP contribution in [-0.4, -0.2) is 24.5 Å². The van der Waals surface area contributed by atoms with Crippen molar-refractivity contribution in [3.8, 4) is 0 Å². The Kier molecular flexibility index (Phi) is 6.09. The van der Waals surface area contributed by atoms with Crippen molar-refractivity contribution in [2.24, 2.45) is 0 Å². The zero-order valence-corrected chi connectivity index (χ0v) is 11.4. The topological polar surface area (TPSA) is 55.4 Å². The van der Waals surface area contributed by atoms with Crippen LogP contribution in [0.3, 0.4) is 0 Å². The number of nitrogens with one attached hydrogen (secondary N) is 1. The smallest absolute Gasteiger partial charge is 0.328 e. The Balaban J connectivity index is 2.64. The Morgan fingerprint density at radius 2 is 1.90 bits per heavy atom. The molecule has 0 aromatic heterocycles. The second kappa shape index (κ2) is 7.57. The number of carbonyl (C=O) groups is 2. The van der Waals surface area contributed by atoms with Gasteiger partial charge in [0.2, 0.25) is 0 Å². The first-order chi connectivity index (χ1) is 9.47. The van der Waals surface area contributed by atoms with Crippen molar-refractivity contribution in [3.05, 3.63) is 35.4 Å². The fourth-order valence-electron chi connectivity index (χ4n) is 1.48. The van der Waals surface area contributed by atoms with E-state index in [1.54, 1.807) is 0 Å². The number of rotatable bonds is 6. The molecule has 0 spiro atoms. The van der Waals surface area contributed by atoms with Crippen molar-refractivity contribution in [3.63, 3.8) is 0 Å². The normalized spacial score (nSPS) is 11.8. The minimum Gasteiger partial charge on any atom is -0.464 e. The predicted octanol–water partition coefficient (Wildman–Crippen LogP) is 2.43. The maximum absolute atomic E-state index is 13.4. The molecule has 0 radical (unpaired) electrons. The fraction of sp³-hybridized carbons (Fsp3) is 0.429. The third kappa shape index (κ3) is 4.29. The zero-order valence-electron chi connectivity index (χ0n) is 11.4. The van der Waals surface area contributed by atoms with Gasteiger partial charge in [-0.05, 0) is 25.5 Å². The lowest BCUT2D eigenvalue weighted by Crippen LogP contribution is -2.40. The van der Waals surface area contributed by atoms with Crippen molar-refractivity contribution in [2.75, 3.05) is 6.61 Å². The van der Waals surface area contributed by atoms with E-state index in [-0.39, 0.29) is 6.61 Å². The van der Waals surface area contributed by atoms with Crippen LogP contribution >= 0.6 is 0 Å². The molecule has 1 aromatic carbocycles. The standard InChI is InChI=1S/C14H17F2NO3/c1-3-4-8-20-14(19)9(2)17-13(18)12-10(15)6-5-7-11(12)16/h5-7,9H,3-4,8H2,1-2H3,(H,17,18)/t9-/m0/s1. The Morgan fingerprint density at radius 3 is 2.45 bits per heavy atom. The van der Waals surface area contributed by atoms with Gasteiger partial charge in [-0.3, -0.25) is 4.79 Å². The summed E-state index contributed by atoms with van der Waals surface area (Å²) in [5, 5.41) is 2.21. The summed E-state index contributed by atoms with van der Waals surface area (Å²) in [6.07, 6.45) is 1.59. The molecule has 0 saturated heterocycles. The number of halogens is 2. The number of hydrogen-bond donors (Lipinski definition) is 1. The van der Waals surface area contributed by atoms with Gasteiger partial charge in [-0.15, -0.1) is 0 Å². The van der Waals surface area contributed by atoms with Gasteiger partial charge in [0.15, 0.2) is 0 Å². The largest absolute Gasteiger partial charge is 0.464 e. The van der Waals surface area contributed by atoms with E-state index in [2.05, 4.69) is 5.32 Å². The molecule has 1 rings (SSSR count). The maximum Gasteiger partial charge on any atom is 0.328 e. The molecule has 0 aliphatic rings. The molecule has 110 valence electrons. The van der Waals surface area contributed by atoms with Gasteiger partial charge >= 0.3 is 5.97 Å². The summed E-state index contributed by atoms with van der Waals surface area (Å²) in [6, 6.07) is 2.13. The number of benzene rings is 1. The quantitative estimate of drug-likeness (QED) is 0.645. The van der Waals surface area contributed by atoms with Crippen LogP contribution in [0.2, 0.25) is 0 Å². The molecule has 0 saturated carbocycles. The van der Waals surface area contributed by atoms with E-state index in [0.717, 1.165) is 24.6 Å². The second-order valence-corrected chi connectivity index (χ2v) is 4.31. The molecule has 0 aliphatic carbocycles. The van der Waals surface area contributed by atoms with Crippen molar-refractivity contribution in [2.45, 2.75) is 32.7 Å². The van der Waals surface area contributed by atoms with Crippen molar-refractivity contribution >= 4 is 11.9 Å². The van der Waals surface area contributed by atoms with E-state index in [0.29, 0.717) is 6.42 Å². The van der Waals surface area contributed by atoms with Gasteiger partial charge in [0, 0.05) is 0 Å². The van der Waals surface area contributed by atoms with Gasteiger partial charge in [-0.1, -0.05) is 19.4 Å². The third-order valence-electron chi connectivity index (χ3n) is 2.63. The van der Waals surface area contributed by atoms with Crippen LogP contribution in [-0.2, 0) is 9.53 Å². The van der Waals surface area contributed by atoms with E-state index in [9.17, 15) is 18.4 Å². The highest BCUT2D eigenvalue weighted by atomic mass is 19.1. The molecule has 0 aliphatic heterocycles. The lowest BCUT2D eigenvalue weighted by atomic mass is 10.1. The van der Waals surface area contributed by atoms with Crippen LogP contribution in [0.5, 0.6) is 0 Å². The third-order valence-corrected chi connectivity index (χ3v) is 2.63. The summed E-state index contributed by atoms with van der Waals surface area (Å²) in [5.74, 6) is -3.58. The van der Waals surface area contributed by atoms with Crippen LogP contribution in [0.4, 0.5) is 8.78 Å². The summed E-state index contributed by atoms with van der Waals surface area (Å²) in [7, 11) is 0. The lowest BCUT2D eigenvalue weighted by molar-refractivity contribution is -0.145. The molecule has 0 bridgehead atoms. The molecule has 0 unspecified atom stereocenters. The minimum atomic E-state index is -0.986. The summed E-state index contributed by atoms with van der Waals surface area (Å²) in [5.41, 5.74) is -0.708. The van der Waals surface area contributed by atoms with Gasteiger partial charge in [-0.25, -0.2) is 13.6 Å². The number of hydrogen-bond acceptors (Lipinski definition) is 3. The average molecular weight is 285 g/mol. The van der Waals surface area contributed by atoms with Crippen LogP contribution in [0, 0.1) is 11.6 Å². The molecule has 0 fully saturated rings. The number of amides is 1.